The molecule has 28 heavy (non-hydrogen) atoms. The fraction of sp³-hybridized carbons (Fsp3) is 0.316. The van der Waals surface area contributed by atoms with Gasteiger partial charge in [0.25, 0.3) is 5.91 Å². The van der Waals surface area contributed by atoms with Gasteiger partial charge in [0.05, 0.1) is 22.9 Å². The van der Waals surface area contributed by atoms with Crippen LogP contribution in [0.3, 0.4) is 0 Å². The third-order valence-corrected chi connectivity index (χ3v) is 4.53. The van der Waals surface area contributed by atoms with Gasteiger partial charge >= 0.3 is 11.9 Å². The number of aryl methyl sites for hydroxylation is 1. The lowest BCUT2D eigenvalue weighted by Crippen LogP contribution is -2.30. The molecule has 9 heteroatoms. The Morgan fingerprint density at radius 1 is 1.18 bits per heavy atom. The Bertz CT molecular complexity index is 923. The first-order valence-electron chi connectivity index (χ1n) is 8.48. The monoisotopic (exact) mass is 426 g/mol. The molecule has 0 bridgehead atoms. The Hall–Kier alpha value is -2.51. The summed E-state index contributed by atoms with van der Waals surface area (Å²) in [6, 6.07) is 4.61. The zero-order chi connectivity index (χ0) is 21.0. The molecule has 0 spiro atoms. The molecule has 1 aromatic carbocycles. The summed E-state index contributed by atoms with van der Waals surface area (Å²) >= 11 is 11.9. The summed E-state index contributed by atoms with van der Waals surface area (Å²) in [6.45, 7) is 6.57. The molecule has 0 aliphatic carbocycles. The molecule has 1 unspecified atom stereocenters. The van der Waals surface area contributed by atoms with Gasteiger partial charge in [-0.05, 0) is 51.5 Å². The fourth-order valence-electron chi connectivity index (χ4n) is 2.56. The van der Waals surface area contributed by atoms with Crippen molar-refractivity contribution in [2.75, 3.05) is 11.9 Å². The van der Waals surface area contributed by atoms with Crippen molar-refractivity contribution < 1.29 is 23.9 Å². The number of rotatable bonds is 6. The van der Waals surface area contributed by atoms with Gasteiger partial charge in [-0.3, -0.25) is 4.79 Å². The number of halogens is 2. The second kappa shape index (κ2) is 9.12. The minimum absolute atomic E-state index is 0.0843. The van der Waals surface area contributed by atoms with Crippen molar-refractivity contribution in [3.05, 3.63) is 50.8 Å². The van der Waals surface area contributed by atoms with Crippen molar-refractivity contribution in [2.24, 2.45) is 0 Å². The number of carbonyl (C=O) groups excluding carboxylic acids is 3. The minimum atomic E-state index is -1.11. The quantitative estimate of drug-likeness (QED) is 0.670. The average molecular weight is 427 g/mol. The molecule has 0 fully saturated rings. The molecule has 7 nitrogen and oxygen atoms in total. The van der Waals surface area contributed by atoms with Crippen LogP contribution >= 0.6 is 23.2 Å². The summed E-state index contributed by atoms with van der Waals surface area (Å²) in [5.74, 6) is -1.88. The van der Waals surface area contributed by atoms with Gasteiger partial charge in [-0.1, -0.05) is 23.2 Å². The maximum atomic E-state index is 12.5. The number of aromatic nitrogens is 1. The molecule has 0 aliphatic heterocycles. The number of esters is 2. The molecule has 2 aromatic rings. The van der Waals surface area contributed by atoms with Gasteiger partial charge in [0, 0.05) is 10.7 Å². The normalized spacial score (nSPS) is 11.6. The molecule has 1 aromatic heterocycles. The first kappa shape index (κ1) is 21.8. The number of anilines is 1. The number of H-pyrrole nitrogens is 1. The number of amides is 1. The van der Waals surface area contributed by atoms with Crippen molar-refractivity contribution in [3.8, 4) is 0 Å². The van der Waals surface area contributed by atoms with E-state index in [2.05, 4.69) is 10.3 Å². The summed E-state index contributed by atoms with van der Waals surface area (Å²) in [6.07, 6.45) is -1.11. The lowest BCUT2D eigenvalue weighted by Gasteiger charge is -2.14. The number of benzene rings is 1. The third kappa shape index (κ3) is 4.85. The number of aromatic amines is 1. The zero-order valence-corrected chi connectivity index (χ0v) is 17.3. The highest BCUT2D eigenvalue weighted by atomic mass is 35.5. The SMILES string of the molecule is CCOC(=O)c1c(C)[nH]c(C(=O)OC(C)C(=O)Nc2cc(Cl)ccc2Cl)c1C. The van der Waals surface area contributed by atoms with Crippen LogP contribution in [0.5, 0.6) is 0 Å². The van der Waals surface area contributed by atoms with E-state index in [1.807, 2.05) is 0 Å². The van der Waals surface area contributed by atoms with Crippen molar-refractivity contribution in [1.82, 2.24) is 4.98 Å². The highest BCUT2D eigenvalue weighted by Gasteiger charge is 2.26. The van der Waals surface area contributed by atoms with E-state index in [4.69, 9.17) is 32.7 Å². The standard InChI is InChI=1S/C19H20Cl2N2O5/c1-5-27-18(25)15-9(2)16(22-10(15)3)19(26)28-11(4)17(24)23-14-8-12(20)6-7-13(14)21/h6-8,11,22H,5H2,1-4H3,(H,23,24). The number of nitrogens with one attached hydrogen (secondary N) is 2. The Labute approximate surface area is 172 Å². The van der Waals surface area contributed by atoms with E-state index in [0.717, 1.165) is 0 Å². The summed E-state index contributed by atoms with van der Waals surface area (Å²) in [7, 11) is 0. The van der Waals surface area contributed by atoms with Crippen molar-refractivity contribution >= 4 is 46.7 Å². The van der Waals surface area contributed by atoms with Crippen LogP contribution in [0.1, 0.15) is 46.0 Å². The summed E-state index contributed by atoms with van der Waals surface area (Å²) in [5, 5.41) is 3.25. The van der Waals surface area contributed by atoms with Crippen LogP contribution in [0.2, 0.25) is 10.0 Å². The van der Waals surface area contributed by atoms with E-state index in [9.17, 15) is 14.4 Å². The Morgan fingerprint density at radius 2 is 1.86 bits per heavy atom. The maximum absolute atomic E-state index is 12.5. The van der Waals surface area contributed by atoms with Crippen LogP contribution in [0.15, 0.2) is 18.2 Å². The van der Waals surface area contributed by atoms with Crippen LogP contribution in [-0.4, -0.2) is 35.5 Å². The minimum Gasteiger partial charge on any atom is -0.462 e. The number of carbonyl (C=O) groups is 3. The zero-order valence-electron chi connectivity index (χ0n) is 15.8. The maximum Gasteiger partial charge on any atom is 0.355 e. The lowest BCUT2D eigenvalue weighted by molar-refractivity contribution is -0.123. The molecular formula is C19H20Cl2N2O5. The Kier molecular flexibility index (Phi) is 7.10. The van der Waals surface area contributed by atoms with Gasteiger partial charge < -0.3 is 19.8 Å². The van der Waals surface area contributed by atoms with Crippen LogP contribution in [0.4, 0.5) is 5.69 Å². The van der Waals surface area contributed by atoms with E-state index in [-0.39, 0.29) is 17.9 Å². The van der Waals surface area contributed by atoms with E-state index >= 15 is 0 Å². The predicted molar refractivity (Wildman–Crippen MR) is 106 cm³/mol. The largest absolute Gasteiger partial charge is 0.462 e. The Morgan fingerprint density at radius 3 is 2.50 bits per heavy atom. The molecule has 1 amide bonds. The third-order valence-electron chi connectivity index (χ3n) is 3.96. The van der Waals surface area contributed by atoms with E-state index in [1.165, 1.54) is 19.1 Å². The molecule has 2 N–H and O–H groups in total. The van der Waals surface area contributed by atoms with E-state index in [1.54, 1.807) is 26.8 Å². The average Bonchev–Trinajstić information content (AvgIpc) is 2.92. The van der Waals surface area contributed by atoms with E-state index < -0.39 is 23.9 Å². The molecule has 0 aliphatic rings. The molecule has 0 saturated heterocycles. The van der Waals surface area contributed by atoms with Gasteiger partial charge in [-0.25, -0.2) is 9.59 Å². The van der Waals surface area contributed by atoms with Gasteiger partial charge in [-0.15, -0.1) is 0 Å². The van der Waals surface area contributed by atoms with Crippen molar-refractivity contribution in [1.29, 1.82) is 0 Å². The lowest BCUT2D eigenvalue weighted by atomic mass is 10.1. The summed E-state index contributed by atoms with van der Waals surface area (Å²) in [4.78, 5) is 39.6. The van der Waals surface area contributed by atoms with Gasteiger partial charge in [-0.2, -0.15) is 0 Å². The molecule has 0 saturated carbocycles. The van der Waals surface area contributed by atoms with E-state index in [0.29, 0.717) is 27.0 Å². The fourth-order valence-corrected chi connectivity index (χ4v) is 2.90. The van der Waals surface area contributed by atoms with Crippen molar-refractivity contribution in [3.63, 3.8) is 0 Å². The van der Waals surface area contributed by atoms with Crippen LogP contribution < -0.4 is 5.32 Å². The highest BCUT2D eigenvalue weighted by molar-refractivity contribution is 6.35. The molecule has 0 radical (unpaired) electrons. The number of ether oxygens (including phenoxy) is 2. The molecule has 150 valence electrons. The van der Waals surface area contributed by atoms with Crippen LogP contribution in [-0.2, 0) is 14.3 Å². The summed E-state index contributed by atoms with van der Waals surface area (Å²) < 4.78 is 10.2. The smallest absolute Gasteiger partial charge is 0.355 e. The molecule has 2 rings (SSSR count). The van der Waals surface area contributed by atoms with Gasteiger partial charge in [0.15, 0.2) is 6.10 Å². The van der Waals surface area contributed by atoms with Gasteiger partial charge in [0.2, 0.25) is 0 Å². The Balaban J connectivity index is 2.12. The van der Waals surface area contributed by atoms with Gasteiger partial charge in [0.1, 0.15) is 5.69 Å². The predicted octanol–water partition coefficient (Wildman–Crippen LogP) is 4.30. The second-order valence-corrected chi connectivity index (χ2v) is 6.85. The first-order valence-corrected chi connectivity index (χ1v) is 9.24. The van der Waals surface area contributed by atoms with Crippen LogP contribution in [0.25, 0.3) is 0 Å². The summed E-state index contributed by atoms with van der Waals surface area (Å²) in [5.41, 5.74) is 1.54. The van der Waals surface area contributed by atoms with Crippen molar-refractivity contribution in [2.45, 2.75) is 33.8 Å². The highest BCUT2D eigenvalue weighted by Crippen LogP contribution is 2.26. The topological polar surface area (TPSA) is 97.5 Å². The second-order valence-electron chi connectivity index (χ2n) is 6.01. The first-order chi connectivity index (χ1) is 13.1. The molecule has 1 heterocycles. The molecule has 1 atom stereocenters. The molecular weight excluding hydrogens is 407 g/mol. The van der Waals surface area contributed by atoms with Crippen LogP contribution in [0, 0.1) is 13.8 Å². The number of hydrogen-bond acceptors (Lipinski definition) is 5. The number of hydrogen-bond donors (Lipinski definition) is 2.